The van der Waals surface area contributed by atoms with Gasteiger partial charge in [-0.3, -0.25) is 0 Å². The molecule has 2 aromatic heterocycles. The summed E-state index contributed by atoms with van der Waals surface area (Å²) in [4.78, 5) is 8.40. The standard InChI is InChI=1S/C13H18N4/c1-10(2)13(14)11-4-7-17(8-11)9-12-15-5-3-6-16-12/h3-8,10,13H,9,14H2,1-2H3. The lowest BCUT2D eigenvalue weighted by atomic mass is 10.00. The first kappa shape index (κ1) is 11.8. The molecule has 0 saturated carbocycles. The van der Waals surface area contributed by atoms with Gasteiger partial charge < -0.3 is 10.3 Å². The van der Waals surface area contributed by atoms with Crippen molar-refractivity contribution in [3.63, 3.8) is 0 Å². The molecule has 1 atom stereocenters. The van der Waals surface area contributed by atoms with Crippen LogP contribution in [0.1, 0.15) is 31.3 Å². The smallest absolute Gasteiger partial charge is 0.147 e. The number of hydrogen-bond donors (Lipinski definition) is 1. The van der Waals surface area contributed by atoms with Gasteiger partial charge in [0.2, 0.25) is 0 Å². The highest BCUT2D eigenvalue weighted by Crippen LogP contribution is 2.19. The first-order chi connectivity index (χ1) is 8.16. The molecule has 0 aromatic carbocycles. The molecule has 0 radical (unpaired) electrons. The van der Waals surface area contributed by atoms with Gasteiger partial charge >= 0.3 is 0 Å². The van der Waals surface area contributed by atoms with E-state index in [0.717, 1.165) is 11.4 Å². The van der Waals surface area contributed by atoms with E-state index >= 15 is 0 Å². The van der Waals surface area contributed by atoms with Gasteiger partial charge in [0.1, 0.15) is 5.82 Å². The van der Waals surface area contributed by atoms with Crippen molar-refractivity contribution in [3.05, 3.63) is 48.3 Å². The molecule has 0 aliphatic carbocycles. The molecule has 90 valence electrons. The van der Waals surface area contributed by atoms with Crippen molar-refractivity contribution >= 4 is 0 Å². The van der Waals surface area contributed by atoms with Crippen LogP contribution in [-0.4, -0.2) is 14.5 Å². The topological polar surface area (TPSA) is 56.7 Å². The second-order valence-corrected chi connectivity index (χ2v) is 4.55. The second-order valence-electron chi connectivity index (χ2n) is 4.55. The highest BCUT2D eigenvalue weighted by atomic mass is 15.0. The van der Waals surface area contributed by atoms with Crippen molar-refractivity contribution in [2.75, 3.05) is 0 Å². The minimum atomic E-state index is 0.0907. The summed E-state index contributed by atoms with van der Waals surface area (Å²) in [5.74, 6) is 1.26. The first-order valence-corrected chi connectivity index (χ1v) is 5.84. The molecule has 0 amide bonds. The van der Waals surface area contributed by atoms with Crippen LogP contribution in [0.2, 0.25) is 0 Å². The van der Waals surface area contributed by atoms with Gasteiger partial charge in [0.25, 0.3) is 0 Å². The van der Waals surface area contributed by atoms with Crippen LogP contribution >= 0.6 is 0 Å². The van der Waals surface area contributed by atoms with Crippen molar-refractivity contribution in [3.8, 4) is 0 Å². The van der Waals surface area contributed by atoms with Crippen LogP contribution in [0.25, 0.3) is 0 Å². The van der Waals surface area contributed by atoms with Crippen LogP contribution in [0.4, 0.5) is 0 Å². The fraction of sp³-hybridized carbons (Fsp3) is 0.385. The Kier molecular flexibility index (Phi) is 3.54. The Bertz CT molecular complexity index is 461. The van der Waals surface area contributed by atoms with E-state index in [0.29, 0.717) is 12.5 Å². The average molecular weight is 230 g/mol. The number of nitrogens with two attached hydrogens (primary N) is 1. The maximum absolute atomic E-state index is 6.10. The molecule has 2 N–H and O–H groups in total. The van der Waals surface area contributed by atoms with Gasteiger partial charge in [-0.2, -0.15) is 0 Å². The Labute approximate surface area is 102 Å². The summed E-state index contributed by atoms with van der Waals surface area (Å²) in [6, 6.07) is 3.97. The summed E-state index contributed by atoms with van der Waals surface area (Å²) >= 11 is 0. The summed E-state index contributed by atoms with van der Waals surface area (Å²) in [7, 11) is 0. The molecule has 0 spiro atoms. The van der Waals surface area contributed by atoms with E-state index in [-0.39, 0.29) is 6.04 Å². The predicted octanol–water partition coefficient (Wildman–Crippen LogP) is 1.98. The Morgan fingerprint density at radius 2 is 2.00 bits per heavy atom. The van der Waals surface area contributed by atoms with E-state index in [2.05, 4.69) is 40.6 Å². The summed E-state index contributed by atoms with van der Waals surface area (Å²) < 4.78 is 2.06. The molecule has 0 aliphatic rings. The van der Waals surface area contributed by atoms with Gasteiger partial charge in [-0.25, -0.2) is 9.97 Å². The third kappa shape index (κ3) is 2.91. The normalized spacial score (nSPS) is 12.9. The minimum Gasteiger partial charge on any atom is -0.346 e. The van der Waals surface area contributed by atoms with E-state index < -0.39 is 0 Å². The lowest BCUT2D eigenvalue weighted by Gasteiger charge is -2.13. The van der Waals surface area contributed by atoms with Crippen LogP contribution in [0.3, 0.4) is 0 Å². The summed E-state index contributed by atoms with van der Waals surface area (Å²) in [5.41, 5.74) is 7.26. The maximum atomic E-state index is 6.10. The Balaban J connectivity index is 2.09. The molecule has 1 unspecified atom stereocenters. The van der Waals surface area contributed by atoms with Crippen LogP contribution in [-0.2, 0) is 6.54 Å². The molecule has 2 heterocycles. The van der Waals surface area contributed by atoms with Crippen LogP contribution in [0.15, 0.2) is 36.9 Å². The van der Waals surface area contributed by atoms with Crippen LogP contribution in [0, 0.1) is 5.92 Å². The van der Waals surface area contributed by atoms with Crippen molar-refractivity contribution < 1.29 is 0 Å². The summed E-state index contributed by atoms with van der Waals surface area (Å²) in [6.45, 7) is 4.94. The lowest BCUT2D eigenvalue weighted by Crippen LogP contribution is -2.16. The zero-order valence-corrected chi connectivity index (χ0v) is 10.2. The Hall–Kier alpha value is -1.68. The zero-order chi connectivity index (χ0) is 12.3. The van der Waals surface area contributed by atoms with Gasteiger partial charge in [0.15, 0.2) is 0 Å². The summed E-state index contributed by atoms with van der Waals surface area (Å²) in [5, 5.41) is 0. The van der Waals surface area contributed by atoms with E-state index in [4.69, 9.17) is 5.73 Å². The van der Waals surface area contributed by atoms with Gasteiger partial charge in [0, 0.05) is 30.8 Å². The molecule has 0 saturated heterocycles. The number of aromatic nitrogens is 3. The molecular formula is C13H18N4. The highest BCUT2D eigenvalue weighted by molar-refractivity contribution is 5.16. The van der Waals surface area contributed by atoms with Gasteiger partial charge in [-0.05, 0) is 23.6 Å². The van der Waals surface area contributed by atoms with E-state index in [1.165, 1.54) is 0 Å². The number of nitrogens with zero attached hydrogens (tertiary/aromatic N) is 3. The summed E-state index contributed by atoms with van der Waals surface area (Å²) in [6.07, 6.45) is 7.61. The van der Waals surface area contributed by atoms with Crippen LogP contribution < -0.4 is 5.73 Å². The monoisotopic (exact) mass is 230 g/mol. The molecule has 4 heteroatoms. The average Bonchev–Trinajstić information content (AvgIpc) is 2.77. The van der Waals surface area contributed by atoms with Crippen molar-refractivity contribution in [1.29, 1.82) is 0 Å². The van der Waals surface area contributed by atoms with Crippen molar-refractivity contribution in [2.24, 2.45) is 11.7 Å². The van der Waals surface area contributed by atoms with Gasteiger partial charge in [0.05, 0.1) is 6.54 Å². The predicted molar refractivity (Wildman–Crippen MR) is 67.3 cm³/mol. The largest absolute Gasteiger partial charge is 0.346 e. The Morgan fingerprint density at radius 1 is 1.29 bits per heavy atom. The third-order valence-corrected chi connectivity index (χ3v) is 2.82. The molecular weight excluding hydrogens is 212 g/mol. The number of hydrogen-bond acceptors (Lipinski definition) is 3. The molecule has 0 bridgehead atoms. The van der Waals surface area contributed by atoms with E-state index in [9.17, 15) is 0 Å². The molecule has 2 rings (SSSR count). The minimum absolute atomic E-state index is 0.0907. The van der Waals surface area contributed by atoms with E-state index in [1.807, 2.05) is 12.3 Å². The molecule has 0 aliphatic heterocycles. The van der Waals surface area contributed by atoms with E-state index in [1.54, 1.807) is 12.4 Å². The fourth-order valence-corrected chi connectivity index (χ4v) is 1.71. The van der Waals surface area contributed by atoms with Crippen molar-refractivity contribution in [1.82, 2.24) is 14.5 Å². The molecule has 2 aromatic rings. The lowest BCUT2D eigenvalue weighted by molar-refractivity contribution is 0.513. The maximum Gasteiger partial charge on any atom is 0.147 e. The molecule has 0 fully saturated rings. The number of rotatable bonds is 4. The zero-order valence-electron chi connectivity index (χ0n) is 10.2. The first-order valence-electron chi connectivity index (χ1n) is 5.84. The highest BCUT2D eigenvalue weighted by Gasteiger charge is 2.11. The van der Waals surface area contributed by atoms with Crippen molar-refractivity contribution in [2.45, 2.75) is 26.4 Å². The SMILES string of the molecule is CC(C)C(N)c1ccn(Cc2ncccn2)c1. The molecule has 17 heavy (non-hydrogen) atoms. The second kappa shape index (κ2) is 5.10. The quantitative estimate of drug-likeness (QED) is 0.873. The Morgan fingerprint density at radius 3 is 2.65 bits per heavy atom. The fourth-order valence-electron chi connectivity index (χ4n) is 1.71. The van der Waals surface area contributed by atoms with Gasteiger partial charge in [-0.15, -0.1) is 0 Å². The van der Waals surface area contributed by atoms with Crippen LogP contribution in [0.5, 0.6) is 0 Å². The molecule has 4 nitrogen and oxygen atoms in total. The van der Waals surface area contributed by atoms with Gasteiger partial charge in [-0.1, -0.05) is 13.8 Å². The third-order valence-electron chi connectivity index (χ3n) is 2.82.